The van der Waals surface area contributed by atoms with Gasteiger partial charge in [0, 0.05) is 13.1 Å². The lowest BCUT2D eigenvalue weighted by molar-refractivity contribution is -0.0651. The minimum absolute atomic E-state index is 0.0550. The molecule has 1 aliphatic heterocycles. The number of morpholine rings is 1. The lowest BCUT2D eigenvalue weighted by Gasteiger charge is -2.39. The van der Waals surface area contributed by atoms with Gasteiger partial charge in [-0.3, -0.25) is 0 Å². The van der Waals surface area contributed by atoms with Crippen molar-refractivity contribution in [3.05, 3.63) is 35.9 Å². The van der Waals surface area contributed by atoms with Crippen LogP contribution in [0.25, 0.3) is 0 Å². The van der Waals surface area contributed by atoms with Crippen LogP contribution in [0.4, 0.5) is 4.79 Å². The van der Waals surface area contributed by atoms with Gasteiger partial charge in [-0.2, -0.15) is 0 Å². The topological polar surface area (TPSA) is 41.6 Å². The predicted molar refractivity (Wildman–Crippen MR) is 91.3 cm³/mol. The van der Waals surface area contributed by atoms with E-state index in [0.29, 0.717) is 19.0 Å². The molecule has 4 heteroatoms. The molecule has 0 spiro atoms. The lowest BCUT2D eigenvalue weighted by atomic mass is 9.77. The second kappa shape index (κ2) is 7.35. The molecule has 3 atom stereocenters. The van der Waals surface area contributed by atoms with E-state index in [4.69, 9.17) is 4.74 Å². The Kier molecular flexibility index (Phi) is 5.21. The summed E-state index contributed by atoms with van der Waals surface area (Å²) in [6, 6.07) is 10.6. The third-order valence-electron chi connectivity index (χ3n) is 5.13. The molecule has 1 saturated heterocycles. The molecule has 0 unspecified atom stereocenters. The molecule has 1 aromatic rings. The number of hydrogen-bond donors (Lipinski definition) is 1. The van der Waals surface area contributed by atoms with Crippen LogP contribution in [0.2, 0.25) is 0 Å². The summed E-state index contributed by atoms with van der Waals surface area (Å²) in [5.74, 6) is 0.571. The molecule has 1 heterocycles. The number of carbonyl (C=O) groups is 1. The van der Waals surface area contributed by atoms with Gasteiger partial charge in [-0.05, 0) is 37.7 Å². The van der Waals surface area contributed by atoms with E-state index in [-0.39, 0.29) is 24.3 Å². The number of rotatable bonds is 4. The van der Waals surface area contributed by atoms with Crippen LogP contribution in [0, 0.1) is 5.92 Å². The number of amides is 2. The Morgan fingerprint density at radius 3 is 2.65 bits per heavy atom. The second-order valence-electron chi connectivity index (χ2n) is 6.91. The van der Waals surface area contributed by atoms with E-state index in [2.05, 4.69) is 36.5 Å². The molecule has 1 aliphatic carbocycles. The Hall–Kier alpha value is -1.55. The number of hydrogen-bond acceptors (Lipinski definition) is 2. The monoisotopic (exact) mass is 316 g/mol. The van der Waals surface area contributed by atoms with Gasteiger partial charge in [-0.1, -0.05) is 43.7 Å². The van der Waals surface area contributed by atoms with Gasteiger partial charge in [0.25, 0.3) is 0 Å². The quantitative estimate of drug-likeness (QED) is 0.919. The molecule has 2 aliphatic rings. The zero-order valence-electron chi connectivity index (χ0n) is 14.2. The lowest BCUT2D eigenvalue weighted by Crippen LogP contribution is -2.53. The summed E-state index contributed by atoms with van der Waals surface area (Å²) in [7, 11) is 0. The van der Waals surface area contributed by atoms with Gasteiger partial charge >= 0.3 is 6.03 Å². The van der Waals surface area contributed by atoms with E-state index in [0.717, 1.165) is 6.42 Å². The number of urea groups is 1. The van der Waals surface area contributed by atoms with Gasteiger partial charge in [0.2, 0.25) is 0 Å². The zero-order chi connectivity index (χ0) is 16.2. The van der Waals surface area contributed by atoms with Crippen LogP contribution in [0.3, 0.4) is 0 Å². The van der Waals surface area contributed by atoms with Crippen molar-refractivity contribution in [3.8, 4) is 0 Å². The average Bonchev–Trinajstić information content (AvgIpc) is 2.52. The van der Waals surface area contributed by atoms with Gasteiger partial charge in [0.15, 0.2) is 0 Å². The van der Waals surface area contributed by atoms with E-state index in [1.807, 2.05) is 17.9 Å². The highest BCUT2D eigenvalue weighted by Gasteiger charge is 2.33. The Morgan fingerprint density at radius 2 is 2.04 bits per heavy atom. The number of ether oxygens (including phenoxy) is 1. The van der Waals surface area contributed by atoms with E-state index >= 15 is 0 Å². The molecule has 0 bridgehead atoms. The standard InChI is InChI=1S/C19H28N2O2/c1-3-17-13-21(12-14(2)23-17)19(22)20-18(16-10-7-11-16)15-8-5-4-6-9-15/h4-6,8-9,14,16-18H,3,7,10-13H2,1-2H3,(H,20,22)/t14-,17+,18-/m0/s1. The van der Waals surface area contributed by atoms with Gasteiger partial charge in [-0.15, -0.1) is 0 Å². The fourth-order valence-corrected chi connectivity index (χ4v) is 3.57. The minimum atomic E-state index is 0.0550. The van der Waals surface area contributed by atoms with Gasteiger partial charge < -0.3 is 15.0 Å². The third kappa shape index (κ3) is 3.86. The first-order valence-electron chi connectivity index (χ1n) is 8.93. The number of benzene rings is 1. The molecule has 2 fully saturated rings. The molecule has 23 heavy (non-hydrogen) atoms. The second-order valence-corrected chi connectivity index (χ2v) is 6.91. The van der Waals surface area contributed by atoms with E-state index < -0.39 is 0 Å². The number of nitrogens with zero attached hydrogens (tertiary/aromatic N) is 1. The van der Waals surface area contributed by atoms with E-state index in [9.17, 15) is 4.79 Å². The SMILES string of the molecule is CC[C@@H]1CN(C(=O)N[C@@H](c2ccccc2)C2CCC2)C[C@H](C)O1. The van der Waals surface area contributed by atoms with Crippen LogP contribution in [0.5, 0.6) is 0 Å². The molecule has 4 nitrogen and oxygen atoms in total. The average molecular weight is 316 g/mol. The Bertz CT molecular complexity index is 515. The van der Waals surface area contributed by atoms with Crippen molar-refractivity contribution in [2.45, 2.75) is 57.8 Å². The highest BCUT2D eigenvalue weighted by atomic mass is 16.5. The summed E-state index contributed by atoms with van der Waals surface area (Å²) in [6.07, 6.45) is 4.89. The van der Waals surface area contributed by atoms with E-state index in [1.165, 1.54) is 24.8 Å². The maximum absolute atomic E-state index is 12.8. The fourth-order valence-electron chi connectivity index (χ4n) is 3.57. The minimum Gasteiger partial charge on any atom is -0.372 e. The van der Waals surface area contributed by atoms with Crippen LogP contribution in [-0.2, 0) is 4.74 Å². The first kappa shape index (κ1) is 16.3. The Balaban J connectivity index is 1.68. The summed E-state index contributed by atoms with van der Waals surface area (Å²) in [6.45, 7) is 5.52. The molecular weight excluding hydrogens is 288 g/mol. The van der Waals surface area contributed by atoms with Crippen molar-refractivity contribution in [1.82, 2.24) is 10.2 Å². The summed E-state index contributed by atoms with van der Waals surface area (Å²) in [5.41, 5.74) is 1.22. The zero-order valence-corrected chi connectivity index (χ0v) is 14.2. The molecule has 2 amide bonds. The predicted octanol–water partition coefficient (Wildman–Crippen LogP) is 3.74. The van der Waals surface area contributed by atoms with Crippen molar-refractivity contribution < 1.29 is 9.53 Å². The van der Waals surface area contributed by atoms with Crippen LogP contribution < -0.4 is 5.32 Å². The summed E-state index contributed by atoms with van der Waals surface area (Å²) in [5, 5.41) is 3.30. The molecule has 1 saturated carbocycles. The molecular formula is C19H28N2O2. The van der Waals surface area contributed by atoms with E-state index in [1.54, 1.807) is 0 Å². The highest BCUT2D eigenvalue weighted by molar-refractivity contribution is 5.75. The maximum Gasteiger partial charge on any atom is 0.318 e. The first-order chi connectivity index (χ1) is 11.2. The Labute approximate surface area is 139 Å². The molecule has 1 N–H and O–H groups in total. The molecule has 0 radical (unpaired) electrons. The number of nitrogens with one attached hydrogen (secondary N) is 1. The van der Waals surface area contributed by atoms with Crippen molar-refractivity contribution in [2.24, 2.45) is 5.92 Å². The normalized spacial score (nSPS) is 26.4. The van der Waals surface area contributed by atoms with Crippen LogP contribution in [0.1, 0.15) is 51.1 Å². The molecule has 1 aromatic carbocycles. The number of carbonyl (C=O) groups excluding carboxylic acids is 1. The van der Waals surface area contributed by atoms with Crippen molar-refractivity contribution in [1.29, 1.82) is 0 Å². The van der Waals surface area contributed by atoms with Crippen molar-refractivity contribution in [3.63, 3.8) is 0 Å². The van der Waals surface area contributed by atoms with Crippen molar-refractivity contribution >= 4 is 6.03 Å². The van der Waals surface area contributed by atoms with Gasteiger partial charge in [0.05, 0.1) is 18.2 Å². The van der Waals surface area contributed by atoms with Gasteiger partial charge in [0.1, 0.15) is 0 Å². The maximum atomic E-state index is 12.8. The summed E-state index contributed by atoms with van der Waals surface area (Å²) >= 11 is 0. The first-order valence-corrected chi connectivity index (χ1v) is 8.93. The molecule has 0 aromatic heterocycles. The molecule has 3 rings (SSSR count). The third-order valence-corrected chi connectivity index (χ3v) is 5.13. The smallest absolute Gasteiger partial charge is 0.318 e. The summed E-state index contributed by atoms with van der Waals surface area (Å²) < 4.78 is 5.86. The van der Waals surface area contributed by atoms with Crippen LogP contribution in [0.15, 0.2) is 30.3 Å². The highest BCUT2D eigenvalue weighted by Crippen LogP contribution is 2.37. The van der Waals surface area contributed by atoms with Crippen LogP contribution >= 0.6 is 0 Å². The summed E-state index contributed by atoms with van der Waals surface area (Å²) in [4.78, 5) is 14.7. The fraction of sp³-hybridized carbons (Fsp3) is 0.632. The largest absolute Gasteiger partial charge is 0.372 e. The van der Waals surface area contributed by atoms with Crippen LogP contribution in [-0.4, -0.2) is 36.2 Å². The van der Waals surface area contributed by atoms with Crippen molar-refractivity contribution in [2.75, 3.05) is 13.1 Å². The molecule has 126 valence electrons. The Morgan fingerprint density at radius 1 is 1.30 bits per heavy atom. The van der Waals surface area contributed by atoms with Gasteiger partial charge in [-0.25, -0.2) is 4.79 Å².